The highest BCUT2D eigenvalue weighted by Gasteiger charge is 2.50. The monoisotopic (exact) mass is 446 g/mol. The van der Waals surface area contributed by atoms with Gasteiger partial charge in [-0.2, -0.15) is 0 Å². The Bertz CT molecular complexity index is 894. The van der Waals surface area contributed by atoms with E-state index in [4.69, 9.17) is 0 Å². The summed E-state index contributed by atoms with van der Waals surface area (Å²) in [6.45, 7) is 5.89. The van der Waals surface area contributed by atoms with Crippen molar-refractivity contribution in [2.75, 3.05) is 19.6 Å². The summed E-state index contributed by atoms with van der Waals surface area (Å²) in [5, 5.41) is 5.47. The van der Waals surface area contributed by atoms with Gasteiger partial charge in [0.05, 0.1) is 0 Å². The average molecular weight is 447 g/mol. The van der Waals surface area contributed by atoms with Gasteiger partial charge in [-0.15, -0.1) is 0 Å². The fourth-order valence-electron chi connectivity index (χ4n) is 4.63. The van der Waals surface area contributed by atoms with Crippen LogP contribution in [-0.4, -0.2) is 58.7 Å². The number of urea groups is 1. The van der Waals surface area contributed by atoms with Gasteiger partial charge in [-0.25, -0.2) is 9.18 Å². The molecule has 1 saturated heterocycles. The van der Waals surface area contributed by atoms with Crippen molar-refractivity contribution >= 4 is 23.8 Å². The van der Waals surface area contributed by atoms with Crippen LogP contribution in [0.25, 0.3) is 0 Å². The van der Waals surface area contributed by atoms with Gasteiger partial charge >= 0.3 is 6.03 Å². The minimum Gasteiger partial charge on any atom is -0.341 e. The summed E-state index contributed by atoms with van der Waals surface area (Å²) in [6.07, 6.45) is 3.69. The maximum absolute atomic E-state index is 13.3. The summed E-state index contributed by atoms with van der Waals surface area (Å²) in [7, 11) is 0. The lowest BCUT2D eigenvalue weighted by atomic mass is 9.80. The number of nitrogens with one attached hydrogen (secondary N) is 2. The molecule has 5 amide bonds. The second-order valence-electron chi connectivity index (χ2n) is 8.62. The molecule has 0 radical (unpaired) electrons. The van der Waals surface area contributed by atoms with Gasteiger partial charge in [0.1, 0.15) is 23.4 Å². The maximum Gasteiger partial charge on any atom is 0.325 e. The lowest BCUT2D eigenvalue weighted by Crippen LogP contribution is -2.62. The van der Waals surface area contributed by atoms with E-state index in [-0.39, 0.29) is 5.91 Å². The van der Waals surface area contributed by atoms with Gasteiger partial charge in [0, 0.05) is 13.1 Å². The first kappa shape index (κ1) is 23.7. The highest BCUT2D eigenvalue weighted by molar-refractivity contribution is 6.09. The Balaban J connectivity index is 1.76. The Morgan fingerprint density at radius 3 is 2.25 bits per heavy atom. The molecule has 1 aromatic rings. The predicted molar refractivity (Wildman–Crippen MR) is 116 cm³/mol. The Labute approximate surface area is 187 Å². The van der Waals surface area contributed by atoms with Gasteiger partial charge in [-0.1, -0.05) is 31.4 Å². The first-order valence-corrected chi connectivity index (χ1v) is 11.2. The third-order valence-corrected chi connectivity index (χ3v) is 6.54. The first-order chi connectivity index (χ1) is 15.2. The van der Waals surface area contributed by atoms with Gasteiger partial charge in [0.2, 0.25) is 11.8 Å². The molecule has 1 aliphatic carbocycles. The molecule has 9 heteroatoms. The maximum atomic E-state index is 13.3. The van der Waals surface area contributed by atoms with Crippen LogP contribution in [0.5, 0.6) is 0 Å². The third kappa shape index (κ3) is 4.33. The Morgan fingerprint density at radius 2 is 1.69 bits per heavy atom. The van der Waals surface area contributed by atoms with Crippen LogP contribution in [0.3, 0.4) is 0 Å². The summed E-state index contributed by atoms with van der Waals surface area (Å²) in [4.78, 5) is 54.3. The number of benzene rings is 1. The van der Waals surface area contributed by atoms with Crippen LogP contribution >= 0.6 is 0 Å². The van der Waals surface area contributed by atoms with Gasteiger partial charge < -0.3 is 15.5 Å². The second-order valence-corrected chi connectivity index (χ2v) is 8.62. The number of likely N-dealkylation sites (N-methyl/N-ethyl adjacent to an activating group) is 1. The standard InChI is InChI=1S/C23H31FN4O4/c1-4-27(5-2)20(31)23(13-7-6-8-14-23)25-18(29)15-28-19(30)22(3,26-21(28)32)16-9-11-17(24)12-10-16/h9-12H,4-8,13-15H2,1-3H3,(H,25,29)(H,26,32). The fourth-order valence-corrected chi connectivity index (χ4v) is 4.63. The topological polar surface area (TPSA) is 98.8 Å². The van der Waals surface area contributed by atoms with E-state index in [0.717, 1.165) is 24.2 Å². The quantitative estimate of drug-likeness (QED) is 0.628. The lowest BCUT2D eigenvalue weighted by Gasteiger charge is -2.40. The molecule has 0 aromatic heterocycles. The van der Waals surface area contributed by atoms with Crippen LogP contribution in [0, 0.1) is 5.82 Å². The number of halogens is 1. The van der Waals surface area contributed by atoms with Crippen LogP contribution in [0.4, 0.5) is 9.18 Å². The lowest BCUT2D eigenvalue weighted by molar-refractivity contribution is -0.144. The molecule has 174 valence electrons. The summed E-state index contributed by atoms with van der Waals surface area (Å²) >= 11 is 0. The summed E-state index contributed by atoms with van der Waals surface area (Å²) in [6, 6.07) is 4.57. The number of hydrogen-bond donors (Lipinski definition) is 2. The summed E-state index contributed by atoms with van der Waals surface area (Å²) in [5.41, 5.74) is -1.99. The zero-order valence-electron chi connectivity index (χ0n) is 18.9. The van der Waals surface area contributed by atoms with E-state index in [1.165, 1.54) is 31.2 Å². The Kier molecular flexibility index (Phi) is 6.85. The molecule has 32 heavy (non-hydrogen) atoms. The van der Waals surface area contributed by atoms with E-state index in [1.54, 1.807) is 4.90 Å². The fraction of sp³-hybridized carbons (Fsp3) is 0.565. The van der Waals surface area contributed by atoms with E-state index >= 15 is 0 Å². The molecule has 8 nitrogen and oxygen atoms in total. The molecule has 1 saturated carbocycles. The zero-order chi connectivity index (χ0) is 23.5. The van der Waals surface area contributed by atoms with Crippen molar-refractivity contribution in [3.63, 3.8) is 0 Å². The summed E-state index contributed by atoms with van der Waals surface area (Å²) < 4.78 is 13.3. The molecule has 2 fully saturated rings. The van der Waals surface area contributed by atoms with Crippen LogP contribution < -0.4 is 10.6 Å². The van der Waals surface area contributed by atoms with Crippen molar-refractivity contribution in [1.29, 1.82) is 0 Å². The van der Waals surface area contributed by atoms with E-state index in [0.29, 0.717) is 31.5 Å². The molecule has 0 bridgehead atoms. The van der Waals surface area contributed by atoms with Crippen molar-refractivity contribution in [2.24, 2.45) is 0 Å². The number of amides is 5. The number of rotatable bonds is 7. The van der Waals surface area contributed by atoms with Crippen molar-refractivity contribution in [2.45, 2.75) is 64.0 Å². The number of nitrogens with zero attached hydrogens (tertiary/aromatic N) is 2. The Hall–Kier alpha value is -2.97. The minimum atomic E-state index is -1.40. The largest absolute Gasteiger partial charge is 0.341 e. The Morgan fingerprint density at radius 1 is 1.09 bits per heavy atom. The molecular weight excluding hydrogens is 415 g/mol. The van der Waals surface area contributed by atoms with Gasteiger partial charge in [-0.05, 0) is 51.3 Å². The molecule has 2 N–H and O–H groups in total. The molecule has 1 aromatic carbocycles. The van der Waals surface area contributed by atoms with Crippen LogP contribution in [0.1, 0.15) is 58.4 Å². The van der Waals surface area contributed by atoms with E-state index < -0.39 is 41.3 Å². The number of imide groups is 1. The number of carbonyl (C=O) groups excluding carboxylic acids is 4. The van der Waals surface area contributed by atoms with E-state index in [1.807, 2.05) is 13.8 Å². The second kappa shape index (κ2) is 9.26. The van der Waals surface area contributed by atoms with Crippen LogP contribution in [0.15, 0.2) is 24.3 Å². The molecular formula is C23H31FN4O4. The zero-order valence-corrected chi connectivity index (χ0v) is 18.9. The highest BCUT2D eigenvalue weighted by Crippen LogP contribution is 2.31. The van der Waals surface area contributed by atoms with Crippen molar-refractivity contribution < 1.29 is 23.6 Å². The van der Waals surface area contributed by atoms with E-state index in [9.17, 15) is 23.6 Å². The van der Waals surface area contributed by atoms with Gasteiger partial charge in [0.25, 0.3) is 5.91 Å². The molecule has 1 aliphatic heterocycles. The molecule has 2 aliphatic rings. The van der Waals surface area contributed by atoms with Crippen LogP contribution in [-0.2, 0) is 19.9 Å². The normalized spacial score (nSPS) is 22.4. The molecule has 0 spiro atoms. The highest BCUT2D eigenvalue weighted by atomic mass is 19.1. The van der Waals surface area contributed by atoms with Gasteiger partial charge in [-0.3, -0.25) is 19.3 Å². The first-order valence-electron chi connectivity index (χ1n) is 11.2. The molecule has 1 unspecified atom stereocenters. The molecule has 3 rings (SSSR count). The van der Waals surface area contributed by atoms with Crippen LogP contribution in [0.2, 0.25) is 0 Å². The average Bonchev–Trinajstić information content (AvgIpc) is 2.99. The predicted octanol–water partition coefficient (Wildman–Crippen LogP) is 2.28. The molecule has 1 heterocycles. The number of hydrogen-bond acceptors (Lipinski definition) is 4. The van der Waals surface area contributed by atoms with Crippen molar-refractivity contribution in [1.82, 2.24) is 20.4 Å². The van der Waals surface area contributed by atoms with Crippen molar-refractivity contribution in [3.05, 3.63) is 35.6 Å². The SMILES string of the molecule is CCN(CC)C(=O)C1(NC(=O)CN2C(=O)NC(C)(c3ccc(F)cc3)C2=O)CCCCC1. The minimum absolute atomic E-state index is 0.121. The summed E-state index contributed by atoms with van der Waals surface area (Å²) in [5.74, 6) is -1.74. The smallest absolute Gasteiger partial charge is 0.325 e. The molecule has 1 atom stereocenters. The van der Waals surface area contributed by atoms with Gasteiger partial charge in [0.15, 0.2) is 0 Å². The third-order valence-electron chi connectivity index (χ3n) is 6.54. The number of carbonyl (C=O) groups is 4. The van der Waals surface area contributed by atoms with Crippen molar-refractivity contribution in [3.8, 4) is 0 Å². The van der Waals surface area contributed by atoms with E-state index in [2.05, 4.69) is 10.6 Å².